The Morgan fingerprint density at radius 2 is 1.81 bits per heavy atom. The summed E-state index contributed by atoms with van der Waals surface area (Å²) in [5, 5.41) is 0. The minimum absolute atomic E-state index is 0.150. The number of aryl methyl sites for hydroxylation is 2. The number of fused-ring (bicyclic) bond motifs is 2. The van der Waals surface area contributed by atoms with Gasteiger partial charge >= 0.3 is 0 Å². The molecule has 2 aliphatic rings. The molecule has 1 atom stereocenters. The first-order valence-electron chi connectivity index (χ1n) is 7.71. The van der Waals surface area contributed by atoms with E-state index in [0.29, 0.717) is 6.61 Å². The van der Waals surface area contributed by atoms with Crippen molar-refractivity contribution in [1.29, 1.82) is 0 Å². The number of benzene rings is 2. The lowest BCUT2D eigenvalue weighted by atomic mass is 9.87. The average molecular weight is 278 g/mol. The Kier molecular flexibility index (Phi) is 3.03. The van der Waals surface area contributed by atoms with Gasteiger partial charge in [0.15, 0.2) is 5.78 Å². The molecule has 0 N–H and O–H groups in total. The molecule has 2 nitrogen and oxygen atoms in total. The van der Waals surface area contributed by atoms with E-state index in [1.54, 1.807) is 0 Å². The molecule has 1 aliphatic heterocycles. The molecular formula is C19H18O2. The number of carbonyl (C=O) groups is 1. The minimum Gasteiger partial charge on any atom is -0.492 e. The molecular weight excluding hydrogens is 260 g/mol. The first-order valence-corrected chi connectivity index (χ1v) is 7.71. The van der Waals surface area contributed by atoms with E-state index >= 15 is 0 Å². The van der Waals surface area contributed by atoms with Crippen molar-refractivity contribution in [1.82, 2.24) is 0 Å². The van der Waals surface area contributed by atoms with Crippen molar-refractivity contribution in [3.05, 3.63) is 64.7 Å². The molecule has 106 valence electrons. The van der Waals surface area contributed by atoms with E-state index in [0.717, 1.165) is 29.7 Å². The molecule has 2 heteroatoms. The summed E-state index contributed by atoms with van der Waals surface area (Å²) in [4.78, 5) is 12.8. The van der Waals surface area contributed by atoms with Gasteiger partial charge in [0.1, 0.15) is 12.4 Å². The van der Waals surface area contributed by atoms with Crippen molar-refractivity contribution < 1.29 is 9.53 Å². The highest BCUT2D eigenvalue weighted by molar-refractivity contribution is 6.02. The summed E-state index contributed by atoms with van der Waals surface area (Å²) < 4.78 is 5.65. The summed E-state index contributed by atoms with van der Waals surface area (Å²) in [5.74, 6) is 0.893. The quantitative estimate of drug-likeness (QED) is 0.778. The number of ether oxygens (including phenoxy) is 1. The molecule has 4 rings (SSSR count). The van der Waals surface area contributed by atoms with E-state index in [4.69, 9.17) is 4.74 Å². The molecule has 0 fully saturated rings. The smallest absolute Gasteiger partial charge is 0.173 e. The Labute approximate surface area is 124 Å². The number of hydrogen-bond donors (Lipinski definition) is 0. The van der Waals surface area contributed by atoms with Gasteiger partial charge in [-0.25, -0.2) is 0 Å². The monoisotopic (exact) mass is 278 g/mol. The fraction of sp³-hybridized carbons (Fsp3) is 0.316. The lowest BCUT2D eigenvalue weighted by Gasteiger charge is -2.17. The van der Waals surface area contributed by atoms with Gasteiger partial charge in [0.2, 0.25) is 0 Å². The Balaban J connectivity index is 1.67. The summed E-state index contributed by atoms with van der Waals surface area (Å²) in [5.41, 5.74) is 4.64. The molecule has 1 unspecified atom stereocenters. The fourth-order valence-electron chi connectivity index (χ4n) is 3.47. The van der Waals surface area contributed by atoms with Gasteiger partial charge in [-0.2, -0.15) is 0 Å². The average Bonchev–Trinajstić information content (AvgIpc) is 2.98. The third-order valence-corrected chi connectivity index (χ3v) is 4.65. The largest absolute Gasteiger partial charge is 0.492 e. The highest BCUT2D eigenvalue weighted by Crippen LogP contribution is 2.36. The van der Waals surface area contributed by atoms with E-state index in [-0.39, 0.29) is 11.7 Å². The molecule has 2 aromatic rings. The molecule has 0 spiro atoms. The summed E-state index contributed by atoms with van der Waals surface area (Å²) in [6, 6.07) is 14.1. The van der Waals surface area contributed by atoms with Gasteiger partial charge in [-0.3, -0.25) is 4.79 Å². The number of hydrogen-bond acceptors (Lipinski definition) is 2. The van der Waals surface area contributed by atoms with E-state index < -0.39 is 0 Å². The number of carbonyl (C=O) groups excluding carboxylic acids is 1. The van der Waals surface area contributed by atoms with Crippen molar-refractivity contribution in [2.75, 3.05) is 6.61 Å². The van der Waals surface area contributed by atoms with Crippen LogP contribution in [-0.4, -0.2) is 12.4 Å². The molecule has 0 radical (unpaired) electrons. The zero-order chi connectivity index (χ0) is 14.2. The lowest BCUT2D eigenvalue weighted by molar-refractivity contribution is 0.0947. The SMILES string of the molecule is O=C(c1ccc2c(c1)CCCC2)C1COc2ccccc21. The van der Waals surface area contributed by atoms with Gasteiger partial charge in [-0.1, -0.05) is 30.3 Å². The molecule has 1 heterocycles. The number of para-hydroxylation sites is 1. The van der Waals surface area contributed by atoms with Gasteiger partial charge in [0.05, 0.1) is 5.92 Å². The Morgan fingerprint density at radius 1 is 1.00 bits per heavy atom. The van der Waals surface area contributed by atoms with E-state index in [2.05, 4.69) is 12.1 Å². The van der Waals surface area contributed by atoms with Gasteiger partial charge in [-0.15, -0.1) is 0 Å². The Bertz CT molecular complexity index is 702. The van der Waals surface area contributed by atoms with Gasteiger partial charge < -0.3 is 4.74 Å². The maximum absolute atomic E-state index is 12.8. The van der Waals surface area contributed by atoms with Crippen LogP contribution in [0, 0.1) is 0 Å². The summed E-state index contributed by atoms with van der Waals surface area (Å²) in [6.45, 7) is 0.468. The number of Topliss-reactive ketones (excluding diaryl/α,β-unsaturated/α-hetero) is 1. The lowest BCUT2D eigenvalue weighted by Crippen LogP contribution is -2.15. The van der Waals surface area contributed by atoms with Crippen LogP contribution in [0.5, 0.6) is 5.75 Å². The van der Waals surface area contributed by atoms with Gasteiger partial charge in [0.25, 0.3) is 0 Å². The molecule has 2 aromatic carbocycles. The molecule has 0 amide bonds. The van der Waals surface area contributed by atoms with Crippen LogP contribution in [0.25, 0.3) is 0 Å². The van der Waals surface area contributed by atoms with Crippen molar-refractivity contribution >= 4 is 5.78 Å². The predicted octanol–water partition coefficient (Wildman–Crippen LogP) is 3.92. The molecule has 21 heavy (non-hydrogen) atoms. The molecule has 0 aromatic heterocycles. The first kappa shape index (κ1) is 12.6. The van der Waals surface area contributed by atoms with Crippen LogP contribution in [-0.2, 0) is 12.8 Å². The fourth-order valence-corrected chi connectivity index (χ4v) is 3.47. The second kappa shape index (κ2) is 5.03. The summed E-state index contributed by atoms with van der Waals surface area (Å²) in [6.07, 6.45) is 4.76. The van der Waals surface area contributed by atoms with E-state index in [1.807, 2.05) is 30.3 Å². The number of ketones is 1. The number of rotatable bonds is 2. The first-order chi connectivity index (χ1) is 10.3. The second-order valence-corrected chi connectivity index (χ2v) is 5.96. The van der Waals surface area contributed by atoms with Gasteiger partial charge in [-0.05, 0) is 48.9 Å². The van der Waals surface area contributed by atoms with Gasteiger partial charge in [0, 0.05) is 11.1 Å². The summed E-state index contributed by atoms with van der Waals surface area (Å²) in [7, 11) is 0. The van der Waals surface area contributed by atoms with Crippen LogP contribution < -0.4 is 4.74 Å². The zero-order valence-electron chi connectivity index (χ0n) is 12.0. The molecule has 0 saturated carbocycles. The molecule has 0 saturated heterocycles. The Hall–Kier alpha value is -2.09. The maximum atomic E-state index is 12.8. The van der Waals surface area contributed by atoms with Crippen LogP contribution >= 0.6 is 0 Å². The minimum atomic E-state index is -0.150. The predicted molar refractivity (Wildman–Crippen MR) is 82.1 cm³/mol. The third kappa shape index (κ3) is 2.15. The van der Waals surface area contributed by atoms with Crippen molar-refractivity contribution in [2.45, 2.75) is 31.6 Å². The van der Waals surface area contributed by atoms with Crippen molar-refractivity contribution in [2.24, 2.45) is 0 Å². The highest BCUT2D eigenvalue weighted by atomic mass is 16.5. The topological polar surface area (TPSA) is 26.3 Å². The van der Waals surface area contributed by atoms with E-state index in [1.165, 1.54) is 24.0 Å². The molecule has 0 bridgehead atoms. The van der Waals surface area contributed by atoms with E-state index in [9.17, 15) is 4.79 Å². The van der Waals surface area contributed by atoms with Crippen LogP contribution in [0.4, 0.5) is 0 Å². The second-order valence-electron chi connectivity index (χ2n) is 5.96. The van der Waals surface area contributed by atoms with Crippen LogP contribution in [0.2, 0.25) is 0 Å². The zero-order valence-corrected chi connectivity index (χ0v) is 12.0. The van der Waals surface area contributed by atoms with Crippen LogP contribution in [0.1, 0.15) is 45.8 Å². The highest BCUT2D eigenvalue weighted by Gasteiger charge is 2.30. The summed E-state index contributed by atoms with van der Waals surface area (Å²) >= 11 is 0. The normalized spacial score (nSPS) is 19.5. The maximum Gasteiger partial charge on any atom is 0.173 e. The Morgan fingerprint density at radius 3 is 2.71 bits per heavy atom. The van der Waals surface area contributed by atoms with Crippen molar-refractivity contribution in [3.63, 3.8) is 0 Å². The third-order valence-electron chi connectivity index (χ3n) is 4.65. The van der Waals surface area contributed by atoms with Crippen LogP contribution in [0.3, 0.4) is 0 Å². The van der Waals surface area contributed by atoms with Crippen molar-refractivity contribution in [3.8, 4) is 5.75 Å². The molecule has 1 aliphatic carbocycles. The van der Waals surface area contributed by atoms with Crippen LogP contribution in [0.15, 0.2) is 42.5 Å². The standard InChI is InChI=1S/C19H18O2/c20-19(17-12-21-18-8-4-3-7-16(17)18)15-10-9-13-5-1-2-6-14(13)11-15/h3-4,7-11,17H,1-2,5-6,12H2.